The van der Waals surface area contributed by atoms with Crippen molar-refractivity contribution in [3.05, 3.63) is 56.7 Å². The van der Waals surface area contributed by atoms with Crippen molar-refractivity contribution in [2.45, 2.75) is 46.7 Å². The Morgan fingerprint density at radius 2 is 1.82 bits per heavy atom. The van der Waals surface area contributed by atoms with Crippen molar-refractivity contribution in [2.75, 3.05) is 19.7 Å². The summed E-state index contributed by atoms with van der Waals surface area (Å²) in [4.78, 5) is 41.2. The topological polar surface area (TPSA) is 68.6 Å². The minimum atomic E-state index is -4.53. The summed E-state index contributed by atoms with van der Waals surface area (Å²) in [6.45, 7) is 7.72. The van der Waals surface area contributed by atoms with Gasteiger partial charge in [0.2, 0.25) is 5.91 Å². The first-order valence-electron chi connectivity index (χ1n) is 12.7. The van der Waals surface area contributed by atoms with E-state index in [1.54, 1.807) is 24.8 Å². The third kappa shape index (κ3) is 5.48. The number of carbonyl (C=O) groups is 3. The molecule has 2 aromatic rings. The van der Waals surface area contributed by atoms with Gasteiger partial charge in [-0.15, -0.1) is 0 Å². The van der Waals surface area contributed by atoms with Gasteiger partial charge in [-0.2, -0.15) is 13.2 Å². The highest BCUT2D eigenvalue weighted by molar-refractivity contribution is 6.41. The van der Waals surface area contributed by atoms with Crippen LogP contribution in [0.2, 0.25) is 0 Å². The second kappa shape index (κ2) is 11.0. The Labute approximate surface area is 234 Å². The highest BCUT2D eigenvalue weighted by Crippen LogP contribution is 2.40. The number of carbonyl (C=O) groups excluding carboxylic acids is 3. The van der Waals surface area contributed by atoms with Crippen LogP contribution >= 0.6 is 23.2 Å². The monoisotopic (exact) mass is 584 g/mol. The van der Waals surface area contributed by atoms with Gasteiger partial charge >= 0.3 is 12.1 Å². The van der Waals surface area contributed by atoms with Gasteiger partial charge in [0.25, 0.3) is 5.91 Å². The second-order valence-electron chi connectivity index (χ2n) is 10.1. The largest absolute Gasteiger partial charge is 0.466 e. The molecule has 0 spiro atoms. The number of aromatic nitrogens is 1. The average Bonchev–Trinajstić information content (AvgIpc) is 3.20. The second-order valence-corrected chi connectivity index (χ2v) is 11.0. The minimum Gasteiger partial charge on any atom is -0.466 e. The number of nitrogens with zero attached hydrogens (tertiary/aromatic N) is 2. The Morgan fingerprint density at radius 1 is 1.13 bits per heavy atom. The Kier molecular flexibility index (Phi) is 8.24. The molecule has 1 aliphatic heterocycles. The van der Waals surface area contributed by atoms with E-state index in [4.69, 9.17) is 27.9 Å². The fourth-order valence-electron chi connectivity index (χ4n) is 5.47. The summed E-state index contributed by atoms with van der Waals surface area (Å²) in [5.41, 5.74) is 0.190. The molecule has 210 valence electrons. The molecule has 0 radical (unpaired) electrons. The number of esters is 1. The van der Waals surface area contributed by atoms with Crippen LogP contribution in [0.5, 0.6) is 0 Å². The number of halogens is 5. The van der Waals surface area contributed by atoms with E-state index in [2.05, 4.69) is 0 Å². The van der Waals surface area contributed by atoms with Crippen LogP contribution in [0.3, 0.4) is 0 Å². The Hall–Kier alpha value is -2.78. The first-order valence-corrected chi connectivity index (χ1v) is 13.5. The molecule has 3 atom stereocenters. The summed E-state index contributed by atoms with van der Waals surface area (Å²) >= 11 is 13.1. The predicted molar refractivity (Wildman–Crippen MR) is 142 cm³/mol. The van der Waals surface area contributed by atoms with Gasteiger partial charge in [-0.25, -0.2) is 0 Å². The first-order chi connectivity index (χ1) is 18.3. The molecule has 1 fully saturated rings. The maximum absolute atomic E-state index is 13.8. The van der Waals surface area contributed by atoms with E-state index in [-0.39, 0.29) is 63.3 Å². The number of aryl methyl sites for hydroxylation is 2. The van der Waals surface area contributed by atoms with Gasteiger partial charge in [0.1, 0.15) is 0 Å². The van der Waals surface area contributed by atoms with Gasteiger partial charge in [-0.1, -0.05) is 36.2 Å². The average molecular weight is 585 g/mol. The van der Waals surface area contributed by atoms with Crippen molar-refractivity contribution in [3.8, 4) is 0 Å². The summed E-state index contributed by atoms with van der Waals surface area (Å²) in [6.07, 6.45) is -0.872. The standard InChI is InChI=1S/C28H29Cl2F3N2O4/c1-5-39-27(38)18-8-9-34(12-15(18)3)25(36)19-6-7-21(29)22(23(19)30)26(37)35-13-16(4)20-11-17(28(31,32)33)10-14(2)24(20)35/h7,10-11,13,15,18-19H,5-6,8-9,12H2,1-4H3/t15-,18+,19?/m1/s1. The fraction of sp³-hybridized carbons (Fsp3) is 0.464. The van der Waals surface area contributed by atoms with Crippen molar-refractivity contribution < 1.29 is 32.3 Å². The van der Waals surface area contributed by atoms with Crippen LogP contribution in [0.25, 0.3) is 10.9 Å². The van der Waals surface area contributed by atoms with E-state index in [1.165, 1.54) is 17.7 Å². The smallest absolute Gasteiger partial charge is 0.416 e. The van der Waals surface area contributed by atoms with E-state index < -0.39 is 23.6 Å². The van der Waals surface area contributed by atoms with Crippen LogP contribution in [0.4, 0.5) is 13.2 Å². The lowest BCUT2D eigenvalue weighted by molar-refractivity contribution is -0.154. The van der Waals surface area contributed by atoms with E-state index in [9.17, 15) is 27.6 Å². The number of ether oxygens (including phenoxy) is 1. The number of hydrogen-bond acceptors (Lipinski definition) is 4. The summed E-state index contributed by atoms with van der Waals surface area (Å²) in [5, 5.41) is 0.351. The van der Waals surface area contributed by atoms with Gasteiger partial charge in [-0.3, -0.25) is 19.0 Å². The quantitative estimate of drug-likeness (QED) is 0.380. The zero-order valence-corrected chi connectivity index (χ0v) is 23.5. The van der Waals surface area contributed by atoms with Crippen molar-refractivity contribution in [2.24, 2.45) is 17.8 Å². The van der Waals surface area contributed by atoms with Crippen LogP contribution in [0.15, 0.2) is 40.0 Å². The highest BCUT2D eigenvalue weighted by atomic mass is 35.5. The van der Waals surface area contributed by atoms with E-state index in [0.717, 1.165) is 12.1 Å². The molecule has 4 rings (SSSR count). The molecule has 39 heavy (non-hydrogen) atoms. The number of rotatable bonds is 4. The Bertz CT molecular complexity index is 1410. The maximum Gasteiger partial charge on any atom is 0.416 e. The van der Waals surface area contributed by atoms with Crippen LogP contribution in [0, 0.1) is 31.6 Å². The molecule has 11 heteroatoms. The molecular weight excluding hydrogens is 556 g/mol. The predicted octanol–water partition coefficient (Wildman–Crippen LogP) is 6.60. The van der Waals surface area contributed by atoms with Gasteiger partial charge < -0.3 is 9.64 Å². The zero-order valence-electron chi connectivity index (χ0n) is 22.0. The van der Waals surface area contributed by atoms with Crippen LogP contribution < -0.4 is 0 Å². The minimum absolute atomic E-state index is 0.0123. The lowest BCUT2D eigenvalue weighted by Gasteiger charge is -2.37. The molecule has 1 amide bonds. The third-order valence-electron chi connectivity index (χ3n) is 7.47. The number of likely N-dealkylation sites (tertiary alicyclic amines) is 1. The molecule has 1 aliphatic carbocycles. The first kappa shape index (κ1) is 29.2. The van der Waals surface area contributed by atoms with Crippen molar-refractivity contribution in [3.63, 3.8) is 0 Å². The summed E-state index contributed by atoms with van der Waals surface area (Å²) in [6, 6.07) is 2.01. The number of alkyl halides is 3. The van der Waals surface area contributed by atoms with Crippen molar-refractivity contribution >= 4 is 51.9 Å². The van der Waals surface area contributed by atoms with E-state index in [1.807, 2.05) is 6.92 Å². The van der Waals surface area contributed by atoms with Gasteiger partial charge in [0.15, 0.2) is 0 Å². The summed E-state index contributed by atoms with van der Waals surface area (Å²) in [5.74, 6) is -2.45. The SMILES string of the molecule is CCOC(=O)[C@H]1CCN(C(=O)C2CC=C(Cl)C(C(=O)n3cc(C)c4cc(C(F)(F)F)cc(C)c43)=C2Cl)C[C@H]1C. The summed E-state index contributed by atoms with van der Waals surface area (Å²) in [7, 11) is 0. The molecule has 1 unspecified atom stereocenters. The lowest BCUT2D eigenvalue weighted by Crippen LogP contribution is -2.47. The number of allylic oxidation sites excluding steroid dienone is 3. The van der Waals surface area contributed by atoms with Gasteiger partial charge in [0.05, 0.1) is 40.1 Å². The van der Waals surface area contributed by atoms with E-state index >= 15 is 0 Å². The lowest BCUT2D eigenvalue weighted by atomic mass is 9.85. The molecule has 1 aromatic carbocycles. The third-order valence-corrected chi connectivity index (χ3v) is 8.27. The number of hydrogen-bond donors (Lipinski definition) is 0. The van der Waals surface area contributed by atoms with Gasteiger partial charge in [-0.05, 0) is 62.8 Å². The highest BCUT2D eigenvalue weighted by Gasteiger charge is 2.39. The molecular formula is C28H29Cl2F3N2O4. The van der Waals surface area contributed by atoms with Crippen LogP contribution in [0.1, 0.15) is 48.2 Å². The maximum atomic E-state index is 13.8. The van der Waals surface area contributed by atoms with Crippen molar-refractivity contribution in [1.82, 2.24) is 9.47 Å². The van der Waals surface area contributed by atoms with E-state index in [0.29, 0.717) is 30.6 Å². The van der Waals surface area contributed by atoms with Crippen LogP contribution in [-0.4, -0.2) is 46.9 Å². The van der Waals surface area contributed by atoms with Crippen molar-refractivity contribution in [1.29, 1.82) is 0 Å². The normalized spacial score (nSPS) is 22.2. The zero-order chi connectivity index (χ0) is 28.8. The number of piperidine rings is 1. The number of fused-ring (bicyclic) bond motifs is 1. The molecule has 1 saturated heterocycles. The fourth-order valence-corrected chi connectivity index (χ4v) is 6.15. The number of benzene rings is 1. The molecule has 6 nitrogen and oxygen atoms in total. The molecule has 0 saturated carbocycles. The summed E-state index contributed by atoms with van der Waals surface area (Å²) < 4.78 is 46.6. The molecule has 2 heterocycles. The number of amides is 1. The Balaban J connectivity index is 1.65. The molecule has 1 aromatic heterocycles. The molecule has 2 aliphatic rings. The van der Waals surface area contributed by atoms with Crippen LogP contribution in [-0.2, 0) is 20.5 Å². The Morgan fingerprint density at radius 3 is 2.44 bits per heavy atom. The molecule has 0 bridgehead atoms. The van der Waals surface area contributed by atoms with Gasteiger partial charge in [0, 0.05) is 29.7 Å². The molecule has 0 N–H and O–H groups in total.